The van der Waals surface area contributed by atoms with Gasteiger partial charge in [0.1, 0.15) is 0 Å². The molecule has 0 aliphatic carbocycles. The van der Waals surface area contributed by atoms with Gasteiger partial charge < -0.3 is 4.74 Å². The van der Waals surface area contributed by atoms with Crippen molar-refractivity contribution in [1.82, 2.24) is 4.90 Å². The Labute approximate surface area is 176 Å². The molecule has 5 heteroatoms. The second-order valence-corrected chi connectivity index (χ2v) is 8.44. The molecule has 3 rings (SSSR count). The Morgan fingerprint density at radius 2 is 1.69 bits per heavy atom. The molecule has 4 nitrogen and oxygen atoms in total. The minimum atomic E-state index is -0.235. The molecule has 0 N–H and O–H groups in total. The highest BCUT2D eigenvalue weighted by Crippen LogP contribution is 2.37. The molecule has 0 saturated carbocycles. The van der Waals surface area contributed by atoms with Crippen molar-refractivity contribution in [2.75, 3.05) is 13.2 Å². The van der Waals surface area contributed by atoms with Gasteiger partial charge in [-0.25, -0.2) is 0 Å². The summed E-state index contributed by atoms with van der Waals surface area (Å²) < 4.78 is 5.57. The third-order valence-electron chi connectivity index (χ3n) is 4.91. The zero-order valence-electron chi connectivity index (χ0n) is 17.4. The lowest BCUT2D eigenvalue weighted by atomic mass is 10.0. The van der Waals surface area contributed by atoms with E-state index in [4.69, 9.17) is 4.74 Å². The van der Waals surface area contributed by atoms with E-state index in [0.717, 1.165) is 22.3 Å². The SMILES string of the molecule is Cc1ccc(C2=C(SCc3ccccc3)C(=O)N(CCOC(C)C)C2=O)cc1C. The molecule has 1 heterocycles. The maximum absolute atomic E-state index is 13.2. The second kappa shape index (κ2) is 9.42. The fourth-order valence-electron chi connectivity index (χ4n) is 3.15. The van der Waals surface area contributed by atoms with E-state index in [0.29, 0.717) is 22.8 Å². The minimum Gasteiger partial charge on any atom is -0.377 e. The number of rotatable bonds is 8. The number of nitrogens with zero attached hydrogens (tertiary/aromatic N) is 1. The van der Waals surface area contributed by atoms with Crippen molar-refractivity contribution < 1.29 is 14.3 Å². The normalized spacial score (nSPS) is 14.4. The summed E-state index contributed by atoms with van der Waals surface area (Å²) in [5.41, 5.74) is 4.68. The summed E-state index contributed by atoms with van der Waals surface area (Å²) in [6, 6.07) is 15.9. The number of imide groups is 1. The predicted molar refractivity (Wildman–Crippen MR) is 118 cm³/mol. The number of hydrogen-bond donors (Lipinski definition) is 0. The Bertz CT molecular complexity index is 934. The number of ether oxygens (including phenoxy) is 1. The number of amides is 2. The topological polar surface area (TPSA) is 46.6 Å². The molecule has 29 heavy (non-hydrogen) atoms. The molecule has 1 aliphatic rings. The molecule has 0 bridgehead atoms. The summed E-state index contributed by atoms with van der Waals surface area (Å²) in [6.45, 7) is 8.54. The number of benzene rings is 2. The maximum atomic E-state index is 13.2. The Kier molecular flexibility index (Phi) is 6.93. The molecule has 1 aliphatic heterocycles. The monoisotopic (exact) mass is 409 g/mol. The standard InChI is InChI=1S/C24H27NO3S/c1-16(2)28-13-12-25-23(26)21(20-11-10-17(3)18(4)14-20)22(24(25)27)29-15-19-8-6-5-7-9-19/h5-11,14,16H,12-13,15H2,1-4H3. The van der Waals surface area contributed by atoms with E-state index in [1.807, 2.05) is 76.2 Å². The van der Waals surface area contributed by atoms with Gasteiger partial charge in [-0.05, 0) is 49.9 Å². The van der Waals surface area contributed by atoms with Gasteiger partial charge in [-0.3, -0.25) is 14.5 Å². The first-order valence-electron chi connectivity index (χ1n) is 9.85. The molecule has 152 valence electrons. The third-order valence-corrected chi connectivity index (χ3v) is 6.06. The van der Waals surface area contributed by atoms with Gasteiger partial charge in [-0.1, -0.05) is 48.5 Å². The van der Waals surface area contributed by atoms with Gasteiger partial charge in [0.05, 0.1) is 29.7 Å². The van der Waals surface area contributed by atoms with Crippen molar-refractivity contribution in [3.05, 3.63) is 75.7 Å². The summed E-state index contributed by atoms with van der Waals surface area (Å²) in [7, 11) is 0. The minimum absolute atomic E-state index is 0.0573. The van der Waals surface area contributed by atoms with Crippen LogP contribution >= 0.6 is 11.8 Å². The van der Waals surface area contributed by atoms with Crippen LogP contribution in [0, 0.1) is 13.8 Å². The summed E-state index contributed by atoms with van der Waals surface area (Å²) in [4.78, 5) is 28.1. The molecule has 0 spiro atoms. The number of carbonyl (C=O) groups excluding carboxylic acids is 2. The zero-order valence-corrected chi connectivity index (χ0v) is 18.2. The van der Waals surface area contributed by atoms with Gasteiger partial charge in [0, 0.05) is 5.75 Å². The van der Waals surface area contributed by atoms with E-state index in [1.165, 1.54) is 16.7 Å². The average molecular weight is 410 g/mol. The number of thioether (sulfide) groups is 1. The van der Waals surface area contributed by atoms with E-state index in [9.17, 15) is 9.59 Å². The van der Waals surface area contributed by atoms with Crippen LogP contribution in [0.15, 0.2) is 53.4 Å². The van der Waals surface area contributed by atoms with Crippen molar-refractivity contribution >= 4 is 29.1 Å². The van der Waals surface area contributed by atoms with Crippen LogP contribution in [0.4, 0.5) is 0 Å². The molecule has 0 aromatic heterocycles. The molecule has 0 radical (unpaired) electrons. The van der Waals surface area contributed by atoms with E-state index in [2.05, 4.69) is 0 Å². The van der Waals surface area contributed by atoms with E-state index in [1.54, 1.807) is 0 Å². The van der Waals surface area contributed by atoms with Crippen LogP contribution in [-0.4, -0.2) is 36.0 Å². The van der Waals surface area contributed by atoms with Gasteiger partial charge in [0.2, 0.25) is 0 Å². The first-order valence-corrected chi connectivity index (χ1v) is 10.8. The maximum Gasteiger partial charge on any atom is 0.268 e. The highest BCUT2D eigenvalue weighted by molar-refractivity contribution is 8.03. The first kappa shape index (κ1) is 21.3. The van der Waals surface area contributed by atoms with Crippen LogP contribution in [0.1, 0.15) is 36.1 Å². The first-order chi connectivity index (χ1) is 13.9. The Hall–Kier alpha value is -2.37. The summed E-state index contributed by atoms with van der Waals surface area (Å²) in [6.07, 6.45) is 0.0573. The van der Waals surface area contributed by atoms with Crippen molar-refractivity contribution in [1.29, 1.82) is 0 Å². The average Bonchev–Trinajstić information content (AvgIpc) is 2.93. The molecule has 0 fully saturated rings. The van der Waals surface area contributed by atoms with E-state index in [-0.39, 0.29) is 24.5 Å². The van der Waals surface area contributed by atoms with Crippen molar-refractivity contribution in [2.45, 2.75) is 39.6 Å². The lowest BCUT2D eigenvalue weighted by Crippen LogP contribution is -2.35. The molecule has 0 atom stereocenters. The number of aryl methyl sites for hydroxylation is 2. The van der Waals surface area contributed by atoms with Crippen LogP contribution in [0.5, 0.6) is 0 Å². The summed E-state index contributed by atoms with van der Waals surface area (Å²) in [5.74, 6) is 0.178. The molecule has 2 aromatic rings. The molecular weight excluding hydrogens is 382 g/mol. The van der Waals surface area contributed by atoms with Gasteiger partial charge in [-0.15, -0.1) is 11.8 Å². The van der Waals surface area contributed by atoms with Crippen molar-refractivity contribution in [3.8, 4) is 0 Å². The quantitative estimate of drug-likeness (QED) is 0.591. The highest BCUT2D eigenvalue weighted by Gasteiger charge is 2.39. The fraction of sp³-hybridized carbons (Fsp3) is 0.333. The molecular formula is C24H27NO3S. The summed E-state index contributed by atoms with van der Waals surface area (Å²) in [5, 5.41) is 0. The largest absolute Gasteiger partial charge is 0.377 e. The van der Waals surface area contributed by atoms with Gasteiger partial charge >= 0.3 is 0 Å². The third kappa shape index (κ3) is 4.98. The second-order valence-electron chi connectivity index (χ2n) is 7.46. The smallest absolute Gasteiger partial charge is 0.268 e. The Morgan fingerprint density at radius 3 is 2.34 bits per heavy atom. The number of carbonyl (C=O) groups is 2. The molecule has 2 amide bonds. The number of hydrogen-bond acceptors (Lipinski definition) is 4. The zero-order chi connectivity index (χ0) is 21.0. The predicted octanol–water partition coefficient (Wildman–Crippen LogP) is 4.74. The lowest BCUT2D eigenvalue weighted by molar-refractivity contribution is -0.137. The van der Waals surface area contributed by atoms with Crippen LogP contribution < -0.4 is 0 Å². The molecule has 0 unspecified atom stereocenters. The Morgan fingerprint density at radius 1 is 0.966 bits per heavy atom. The molecule has 2 aromatic carbocycles. The van der Waals surface area contributed by atoms with Crippen molar-refractivity contribution in [2.24, 2.45) is 0 Å². The lowest BCUT2D eigenvalue weighted by Gasteiger charge is -2.16. The van der Waals surface area contributed by atoms with Crippen LogP contribution in [0.3, 0.4) is 0 Å². The fourth-order valence-corrected chi connectivity index (χ4v) is 4.24. The van der Waals surface area contributed by atoms with Crippen LogP contribution in [0.2, 0.25) is 0 Å². The van der Waals surface area contributed by atoms with Crippen LogP contribution in [-0.2, 0) is 20.1 Å². The van der Waals surface area contributed by atoms with Gasteiger partial charge in [0.25, 0.3) is 11.8 Å². The Balaban J connectivity index is 1.91. The van der Waals surface area contributed by atoms with Gasteiger partial charge in [0.15, 0.2) is 0 Å². The highest BCUT2D eigenvalue weighted by atomic mass is 32.2. The van der Waals surface area contributed by atoms with Gasteiger partial charge in [-0.2, -0.15) is 0 Å². The summed E-state index contributed by atoms with van der Waals surface area (Å²) >= 11 is 1.43. The van der Waals surface area contributed by atoms with Crippen molar-refractivity contribution in [3.63, 3.8) is 0 Å². The van der Waals surface area contributed by atoms with Crippen LogP contribution in [0.25, 0.3) is 5.57 Å². The van der Waals surface area contributed by atoms with E-state index < -0.39 is 0 Å². The van der Waals surface area contributed by atoms with E-state index >= 15 is 0 Å². The molecule has 0 saturated heterocycles.